The summed E-state index contributed by atoms with van der Waals surface area (Å²) in [6, 6.07) is 10.3. The van der Waals surface area contributed by atoms with Crippen molar-refractivity contribution in [3.05, 3.63) is 76.3 Å². The van der Waals surface area contributed by atoms with Gasteiger partial charge in [-0.05, 0) is 31.2 Å². The lowest BCUT2D eigenvalue weighted by Crippen LogP contribution is -1.99. The van der Waals surface area contributed by atoms with Crippen LogP contribution in [0.3, 0.4) is 0 Å². The highest BCUT2D eigenvalue weighted by atomic mass is 32.1. The van der Waals surface area contributed by atoms with E-state index in [0.717, 1.165) is 21.5 Å². The van der Waals surface area contributed by atoms with Crippen LogP contribution in [0.1, 0.15) is 20.1 Å². The first-order valence-electron chi connectivity index (χ1n) is 9.97. The number of hydrogen-bond acceptors (Lipinski definition) is 6. The molecule has 0 radical (unpaired) electrons. The fourth-order valence-electron chi connectivity index (χ4n) is 3.30. The molecule has 4 aromatic heterocycles. The van der Waals surface area contributed by atoms with Gasteiger partial charge in [-0.1, -0.05) is 12.1 Å². The lowest BCUT2D eigenvalue weighted by Gasteiger charge is -2.05. The number of aryl methyl sites for hydroxylation is 2. The Morgan fingerprint density at radius 1 is 1.21 bits per heavy atom. The van der Waals surface area contributed by atoms with Gasteiger partial charge in [0.2, 0.25) is 0 Å². The molecule has 0 saturated carbocycles. The molecular formula is C23H21FN6O2S. The first-order chi connectivity index (χ1) is 15.9. The number of nitrogens with one attached hydrogen (secondary N) is 1. The molecule has 5 rings (SSSR count). The van der Waals surface area contributed by atoms with Crippen molar-refractivity contribution in [1.82, 2.24) is 24.7 Å². The molecule has 33 heavy (non-hydrogen) atoms. The van der Waals surface area contributed by atoms with E-state index in [4.69, 9.17) is 10.8 Å². The fourth-order valence-corrected chi connectivity index (χ4v) is 4.00. The van der Waals surface area contributed by atoms with E-state index in [1.54, 1.807) is 29.1 Å². The van der Waals surface area contributed by atoms with E-state index in [2.05, 4.69) is 20.1 Å². The van der Waals surface area contributed by atoms with Crippen LogP contribution in [0.5, 0.6) is 0 Å². The van der Waals surface area contributed by atoms with Crippen molar-refractivity contribution in [2.45, 2.75) is 13.5 Å². The molecule has 0 aliphatic carbocycles. The fraction of sp³-hybridized carbons (Fsp3) is 0.130. The summed E-state index contributed by atoms with van der Waals surface area (Å²) in [7, 11) is 1.86. The van der Waals surface area contributed by atoms with E-state index in [1.807, 2.05) is 32.3 Å². The quantitative estimate of drug-likeness (QED) is 0.363. The molecule has 168 valence electrons. The Bertz CT molecular complexity index is 1440. The van der Waals surface area contributed by atoms with Crippen molar-refractivity contribution in [3.8, 4) is 22.5 Å². The van der Waals surface area contributed by atoms with Gasteiger partial charge in [-0.15, -0.1) is 11.3 Å². The summed E-state index contributed by atoms with van der Waals surface area (Å²) >= 11 is 1.30. The number of carboxylic acid groups (broad SMARTS) is 1. The van der Waals surface area contributed by atoms with Gasteiger partial charge in [0.15, 0.2) is 0 Å². The van der Waals surface area contributed by atoms with Gasteiger partial charge in [-0.2, -0.15) is 5.10 Å². The highest BCUT2D eigenvalue weighted by Crippen LogP contribution is 2.30. The van der Waals surface area contributed by atoms with Gasteiger partial charge in [0.25, 0.3) is 0 Å². The topological polar surface area (TPSA) is 123 Å². The molecule has 5 aromatic rings. The van der Waals surface area contributed by atoms with Gasteiger partial charge in [0.1, 0.15) is 22.7 Å². The number of nitrogens with zero attached hydrogens (tertiary/aromatic N) is 4. The minimum atomic E-state index is -0.840. The largest absolute Gasteiger partial charge is 0.477 e. The number of rotatable bonds is 4. The zero-order chi connectivity index (χ0) is 23.5. The van der Waals surface area contributed by atoms with Gasteiger partial charge in [0.05, 0.1) is 17.6 Å². The molecular weight excluding hydrogens is 443 g/mol. The maximum Gasteiger partial charge on any atom is 0.345 e. The first kappa shape index (κ1) is 22.3. The molecule has 0 unspecified atom stereocenters. The molecule has 4 heterocycles. The summed E-state index contributed by atoms with van der Waals surface area (Å²) in [6.45, 7) is 2.05. The molecule has 0 saturated heterocycles. The summed E-state index contributed by atoms with van der Waals surface area (Å²) in [5.41, 5.74) is 9.90. The third-order valence-corrected chi connectivity index (χ3v) is 5.93. The Hall–Kier alpha value is -3.89. The third-order valence-electron chi connectivity index (χ3n) is 4.94. The zero-order valence-corrected chi connectivity index (χ0v) is 18.7. The highest BCUT2D eigenvalue weighted by Gasteiger charge is 2.13. The van der Waals surface area contributed by atoms with Crippen LogP contribution in [0.2, 0.25) is 0 Å². The van der Waals surface area contributed by atoms with Crippen LogP contribution in [-0.4, -0.2) is 35.8 Å². The third kappa shape index (κ3) is 4.81. The summed E-state index contributed by atoms with van der Waals surface area (Å²) in [4.78, 5) is 23.5. The number of thiophene rings is 1. The number of aromatic nitrogens is 5. The smallest absolute Gasteiger partial charge is 0.345 e. The van der Waals surface area contributed by atoms with Gasteiger partial charge in [0, 0.05) is 46.7 Å². The second kappa shape index (κ2) is 9.31. The number of fused-ring (bicyclic) bond motifs is 1. The van der Waals surface area contributed by atoms with E-state index in [9.17, 15) is 9.18 Å². The molecule has 0 bridgehead atoms. The molecule has 0 amide bonds. The van der Waals surface area contributed by atoms with Gasteiger partial charge < -0.3 is 15.8 Å². The number of carboxylic acids is 1. The summed E-state index contributed by atoms with van der Waals surface area (Å²) in [5, 5.41) is 13.4. The van der Waals surface area contributed by atoms with Gasteiger partial charge >= 0.3 is 5.97 Å². The van der Waals surface area contributed by atoms with Crippen LogP contribution in [0.4, 0.5) is 4.39 Å². The average Bonchev–Trinajstić information content (AvgIpc) is 3.53. The average molecular weight is 465 g/mol. The normalized spacial score (nSPS) is 10.8. The molecule has 0 spiro atoms. The van der Waals surface area contributed by atoms with E-state index in [0.29, 0.717) is 27.3 Å². The van der Waals surface area contributed by atoms with Gasteiger partial charge in [-0.25, -0.2) is 19.2 Å². The Labute approximate surface area is 192 Å². The van der Waals surface area contributed by atoms with Crippen LogP contribution in [0, 0.1) is 12.7 Å². The molecule has 0 aliphatic heterocycles. The zero-order valence-electron chi connectivity index (χ0n) is 17.9. The number of aromatic carboxylic acids is 1. The summed E-state index contributed by atoms with van der Waals surface area (Å²) in [5.74, 6) is -1.17. The van der Waals surface area contributed by atoms with Crippen LogP contribution < -0.4 is 5.73 Å². The van der Waals surface area contributed by atoms with Crippen LogP contribution in [-0.2, 0) is 13.6 Å². The minimum Gasteiger partial charge on any atom is -0.477 e. The number of aromatic amines is 1. The number of nitrogens with two attached hydrogens (primary N) is 1. The Kier molecular flexibility index (Phi) is 6.29. The molecule has 8 nitrogen and oxygen atoms in total. The number of halogens is 1. The van der Waals surface area contributed by atoms with Crippen molar-refractivity contribution in [1.29, 1.82) is 0 Å². The number of carbonyl (C=O) groups is 1. The van der Waals surface area contributed by atoms with Crippen molar-refractivity contribution in [3.63, 3.8) is 0 Å². The lowest BCUT2D eigenvalue weighted by molar-refractivity contribution is 0.0702. The van der Waals surface area contributed by atoms with Crippen LogP contribution in [0.15, 0.2) is 55.1 Å². The monoisotopic (exact) mass is 464 g/mol. The Balaban J connectivity index is 0.000000243. The summed E-state index contributed by atoms with van der Waals surface area (Å²) in [6.07, 6.45) is 5.15. The SMILES string of the molecule is Cc1ccc(C(=O)O)s1.Cn1cc(-c2cc3c(-c4ccc(CN)c(F)c4)ncnc3[nH]2)cn1. The van der Waals surface area contributed by atoms with Crippen LogP contribution >= 0.6 is 11.3 Å². The maximum atomic E-state index is 14.1. The highest BCUT2D eigenvalue weighted by molar-refractivity contribution is 7.13. The number of benzene rings is 1. The Morgan fingerprint density at radius 3 is 2.61 bits per heavy atom. The van der Waals surface area contributed by atoms with Crippen molar-refractivity contribution in [2.75, 3.05) is 0 Å². The van der Waals surface area contributed by atoms with Gasteiger partial charge in [-0.3, -0.25) is 4.68 Å². The predicted octanol–water partition coefficient (Wildman–Crippen LogP) is 4.38. The molecule has 0 aliphatic rings. The molecule has 1 aromatic carbocycles. The predicted molar refractivity (Wildman–Crippen MR) is 125 cm³/mol. The minimum absolute atomic E-state index is 0.167. The van der Waals surface area contributed by atoms with E-state index in [-0.39, 0.29) is 12.4 Å². The number of hydrogen-bond donors (Lipinski definition) is 3. The molecule has 0 fully saturated rings. The van der Waals surface area contributed by atoms with Crippen molar-refractivity contribution >= 4 is 28.3 Å². The van der Waals surface area contributed by atoms with Crippen LogP contribution in [0.25, 0.3) is 33.5 Å². The van der Waals surface area contributed by atoms with Crippen molar-refractivity contribution in [2.24, 2.45) is 12.8 Å². The second-order valence-electron chi connectivity index (χ2n) is 7.30. The van der Waals surface area contributed by atoms with Crippen molar-refractivity contribution < 1.29 is 14.3 Å². The molecule has 4 N–H and O–H groups in total. The number of H-pyrrole nitrogens is 1. The molecule has 10 heteroatoms. The maximum absolute atomic E-state index is 14.1. The van der Waals surface area contributed by atoms with E-state index in [1.165, 1.54) is 23.7 Å². The van der Waals surface area contributed by atoms with E-state index < -0.39 is 5.97 Å². The van der Waals surface area contributed by atoms with E-state index >= 15 is 0 Å². The second-order valence-corrected chi connectivity index (χ2v) is 8.58. The molecule has 0 atom stereocenters. The summed E-state index contributed by atoms with van der Waals surface area (Å²) < 4.78 is 15.8. The first-order valence-corrected chi connectivity index (χ1v) is 10.8. The standard InChI is InChI=1S/C17H15FN6.C6H6O2S/c1-24-8-12(7-22-24)15-5-13-16(20-9-21-17(13)23-15)10-2-3-11(6-19)14(18)4-10;1-4-2-3-5(9-4)6(7)8/h2-5,7-9H,6,19H2,1H3,(H,20,21,23);2-3H,1H3,(H,7,8). The Morgan fingerprint density at radius 2 is 2.03 bits per heavy atom. The lowest BCUT2D eigenvalue weighted by atomic mass is 10.1.